The summed E-state index contributed by atoms with van der Waals surface area (Å²) >= 11 is 0. The second-order valence-corrected chi connectivity index (χ2v) is 5.41. The highest BCUT2D eigenvalue weighted by Crippen LogP contribution is 2.08. The zero-order chi connectivity index (χ0) is 17.5. The quantitative estimate of drug-likeness (QED) is 0.293. The fraction of sp³-hybridized carbons (Fsp3) is 0.824. The molecule has 0 heterocycles. The van der Waals surface area contributed by atoms with Crippen LogP contribution in [0.25, 0.3) is 0 Å². The molecule has 6 heteroatoms. The van der Waals surface area contributed by atoms with Crippen molar-refractivity contribution in [2.75, 3.05) is 13.2 Å². The van der Waals surface area contributed by atoms with Gasteiger partial charge in [0.1, 0.15) is 12.7 Å². The first-order valence-electron chi connectivity index (χ1n) is 8.54. The highest BCUT2D eigenvalue weighted by molar-refractivity contribution is 5.70. The van der Waals surface area contributed by atoms with Crippen LogP contribution < -0.4 is 0 Å². The number of esters is 3. The van der Waals surface area contributed by atoms with Crippen molar-refractivity contribution in [3.05, 3.63) is 0 Å². The molecule has 0 aromatic carbocycles. The molecule has 0 bridgehead atoms. The molecule has 6 nitrogen and oxygen atoms in total. The Kier molecular flexibility index (Phi) is 13.1. The summed E-state index contributed by atoms with van der Waals surface area (Å²) in [6.07, 6.45) is 3.84. The minimum Gasteiger partial charge on any atom is -0.466 e. The molecule has 0 fully saturated rings. The lowest BCUT2D eigenvalue weighted by molar-refractivity contribution is -0.160. The SMILES string of the molecule is CCCC(=O)OCCCC(COC(=O)CCC)OC(=O)CCC. The summed E-state index contributed by atoms with van der Waals surface area (Å²) in [5, 5.41) is 0. The van der Waals surface area contributed by atoms with E-state index in [-0.39, 0.29) is 31.1 Å². The molecule has 1 unspecified atom stereocenters. The molecule has 0 aromatic rings. The van der Waals surface area contributed by atoms with Crippen molar-refractivity contribution in [1.29, 1.82) is 0 Å². The van der Waals surface area contributed by atoms with Crippen LogP contribution in [0.5, 0.6) is 0 Å². The third kappa shape index (κ3) is 12.6. The monoisotopic (exact) mass is 330 g/mol. The van der Waals surface area contributed by atoms with E-state index in [2.05, 4.69) is 0 Å². The second-order valence-electron chi connectivity index (χ2n) is 5.41. The first kappa shape index (κ1) is 21.4. The molecule has 0 radical (unpaired) electrons. The maximum Gasteiger partial charge on any atom is 0.306 e. The second kappa shape index (κ2) is 14.0. The summed E-state index contributed by atoms with van der Waals surface area (Å²) < 4.78 is 15.5. The van der Waals surface area contributed by atoms with Crippen molar-refractivity contribution in [1.82, 2.24) is 0 Å². The Labute approximate surface area is 138 Å². The van der Waals surface area contributed by atoms with E-state index in [0.717, 1.165) is 6.42 Å². The fourth-order valence-electron chi connectivity index (χ4n) is 1.86. The minimum atomic E-state index is -0.486. The molecule has 0 amide bonds. The van der Waals surface area contributed by atoms with Crippen LogP contribution in [0.1, 0.15) is 72.1 Å². The van der Waals surface area contributed by atoms with E-state index in [1.54, 1.807) is 0 Å². The standard InChI is InChI=1S/C17H30O6/c1-4-8-15(18)21-12-7-11-14(23-17(20)10-6-3)13-22-16(19)9-5-2/h14H,4-13H2,1-3H3. The number of hydrogen-bond donors (Lipinski definition) is 0. The zero-order valence-electron chi connectivity index (χ0n) is 14.6. The van der Waals surface area contributed by atoms with Gasteiger partial charge in [-0.05, 0) is 32.1 Å². The molecule has 134 valence electrons. The molecule has 0 aliphatic rings. The highest BCUT2D eigenvalue weighted by Gasteiger charge is 2.16. The van der Waals surface area contributed by atoms with Crippen LogP contribution in [0.3, 0.4) is 0 Å². The van der Waals surface area contributed by atoms with Crippen LogP contribution in [0.15, 0.2) is 0 Å². The van der Waals surface area contributed by atoms with Crippen LogP contribution in [0, 0.1) is 0 Å². The highest BCUT2D eigenvalue weighted by atomic mass is 16.6. The lowest BCUT2D eigenvalue weighted by atomic mass is 10.2. The van der Waals surface area contributed by atoms with E-state index in [1.165, 1.54) is 0 Å². The number of ether oxygens (including phenoxy) is 3. The predicted molar refractivity (Wildman–Crippen MR) is 85.8 cm³/mol. The molecule has 0 N–H and O–H groups in total. The van der Waals surface area contributed by atoms with Gasteiger partial charge in [-0.2, -0.15) is 0 Å². The average molecular weight is 330 g/mol. The Hall–Kier alpha value is -1.59. The molecule has 0 saturated heterocycles. The molecular formula is C17H30O6. The topological polar surface area (TPSA) is 78.9 Å². The average Bonchev–Trinajstić information content (AvgIpc) is 2.49. The van der Waals surface area contributed by atoms with Gasteiger partial charge in [0.2, 0.25) is 0 Å². The Morgan fingerprint density at radius 2 is 1.30 bits per heavy atom. The van der Waals surface area contributed by atoms with E-state index in [0.29, 0.717) is 44.9 Å². The van der Waals surface area contributed by atoms with Gasteiger partial charge in [-0.15, -0.1) is 0 Å². The van der Waals surface area contributed by atoms with Gasteiger partial charge in [0, 0.05) is 19.3 Å². The van der Waals surface area contributed by atoms with E-state index in [1.807, 2.05) is 20.8 Å². The Bertz CT molecular complexity index is 353. The van der Waals surface area contributed by atoms with Crippen LogP contribution in [-0.4, -0.2) is 37.2 Å². The predicted octanol–water partition coefficient (Wildman–Crippen LogP) is 3.17. The first-order valence-corrected chi connectivity index (χ1v) is 8.54. The van der Waals surface area contributed by atoms with Crippen molar-refractivity contribution in [3.63, 3.8) is 0 Å². The number of carbonyl (C=O) groups is 3. The molecule has 0 aliphatic carbocycles. The van der Waals surface area contributed by atoms with E-state index in [4.69, 9.17) is 14.2 Å². The van der Waals surface area contributed by atoms with Crippen molar-refractivity contribution < 1.29 is 28.6 Å². The van der Waals surface area contributed by atoms with Gasteiger partial charge < -0.3 is 14.2 Å². The Morgan fingerprint density at radius 1 is 0.783 bits per heavy atom. The largest absolute Gasteiger partial charge is 0.466 e. The Balaban J connectivity index is 4.17. The molecular weight excluding hydrogens is 300 g/mol. The van der Waals surface area contributed by atoms with Gasteiger partial charge in [-0.3, -0.25) is 14.4 Å². The van der Waals surface area contributed by atoms with E-state index in [9.17, 15) is 14.4 Å². The van der Waals surface area contributed by atoms with Gasteiger partial charge in [-0.1, -0.05) is 20.8 Å². The third-order valence-electron chi connectivity index (χ3n) is 3.02. The van der Waals surface area contributed by atoms with Gasteiger partial charge in [0.15, 0.2) is 0 Å². The van der Waals surface area contributed by atoms with Crippen molar-refractivity contribution in [3.8, 4) is 0 Å². The maximum atomic E-state index is 11.6. The van der Waals surface area contributed by atoms with Crippen LogP contribution >= 0.6 is 0 Å². The summed E-state index contributed by atoms with van der Waals surface area (Å²) in [5.41, 5.74) is 0. The van der Waals surface area contributed by atoms with E-state index < -0.39 is 6.10 Å². The number of rotatable bonds is 13. The molecule has 0 spiro atoms. The fourth-order valence-corrected chi connectivity index (χ4v) is 1.86. The van der Waals surface area contributed by atoms with Gasteiger partial charge in [0.05, 0.1) is 6.61 Å². The molecule has 1 atom stereocenters. The first-order chi connectivity index (χ1) is 11.0. The van der Waals surface area contributed by atoms with Gasteiger partial charge in [0.25, 0.3) is 0 Å². The lowest BCUT2D eigenvalue weighted by Crippen LogP contribution is -2.25. The molecule has 0 saturated carbocycles. The van der Waals surface area contributed by atoms with Crippen molar-refractivity contribution in [2.45, 2.75) is 78.2 Å². The van der Waals surface area contributed by atoms with Crippen LogP contribution in [-0.2, 0) is 28.6 Å². The van der Waals surface area contributed by atoms with Gasteiger partial charge in [-0.25, -0.2) is 0 Å². The summed E-state index contributed by atoms with van der Waals surface area (Å²) in [7, 11) is 0. The maximum absolute atomic E-state index is 11.6. The Morgan fingerprint density at radius 3 is 1.87 bits per heavy atom. The molecule has 23 heavy (non-hydrogen) atoms. The zero-order valence-corrected chi connectivity index (χ0v) is 14.6. The lowest BCUT2D eigenvalue weighted by Gasteiger charge is -2.18. The summed E-state index contributed by atoms with van der Waals surface area (Å²) in [4.78, 5) is 34.3. The van der Waals surface area contributed by atoms with Crippen molar-refractivity contribution in [2.24, 2.45) is 0 Å². The van der Waals surface area contributed by atoms with Gasteiger partial charge >= 0.3 is 17.9 Å². The summed E-state index contributed by atoms with van der Waals surface area (Å²) in [6.45, 7) is 6.03. The van der Waals surface area contributed by atoms with Crippen LogP contribution in [0.4, 0.5) is 0 Å². The smallest absolute Gasteiger partial charge is 0.306 e. The number of carbonyl (C=O) groups excluding carboxylic acids is 3. The summed E-state index contributed by atoms with van der Waals surface area (Å²) in [5.74, 6) is -0.813. The molecule has 0 rings (SSSR count). The van der Waals surface area contributed by atoms with Crippen molar-refractivity contribution >= 4 is 17.9 Å². The van der Waals surface area contributed by atoms with E-state index >= 15 is 0 Å². The summed E-state index contributed by atoms with van der Waals surface area (Å²) in [6, 6.07) is 0. The molecule has 0 aromatic heterocycles. The van der Waals surface area contributed by atoms with Crippen LogP contribution in [0.2, 0.25) is 0 Å². The normalized spacial score (nSPS) is 11.6. The minimum absolute atomic E-state index is 0.0528. The number of hydrogen-bond acceptors (Lipinski definition) is 6. The third-order valence-corrected chi connectivity index (χ3v) is 3.02. The molecule has 0 aliphatic heterocycles.